The van der Waals surface area contributed by atoms with Gasteiger partial charge in [0.05, 0.1) is 5.41 Å². The van der Waals surface area contributed by atoms with Crippen molar-refractivity contribution in [2.45, 2.75) is 57.1 Å². The van der Waals surface area contributed by atoms with Gasteiger partial charge in [-0.25, -0.2) is 0 Å². The summed E-state index contributed by atoms with van der Waals surface area (Å²) in [6.07, 6.45) is 9.05. The molecule has 0 bridgehead atoms. The summed E-state index contributed by atoms with van der Waals surface area (Å²) < 4.78 is 6.32. The van der Waals surface area contributed by atoms with Gasteiger partial charge in [-0.1, -0.05) is 18.0 Å². The monoisotopic (exact) mass is 293 g/mol. The minimum Gasteiger partial charge on any atom is -0.470 e. The number of rotatable bonds is 3. The Morgan fingerprint density at radius 1 is 1.19 bits per heavy atom. The van der Waals surface area contributed by atoms with E-state index in [9.17, 15) is 0 Å². The lowest BCUT2D eigenvalue weighted by Crippen LogP contribution is -2.47. The zero-order chi connectivity index (χ0) is 14.1. The summed E-state index contributed by atoms with van der Waals surface area (Å²) in [5.74, 6) is 0.892. The van der Waals surface area contributed by atoms with Crippen LogP contribution in [0.2, 0.25) is 0 Å². The van der Waals surface area contributed by atoms with E-state index in [1.807, 2.05) is 0 Å². The van der Waals surface area contributed by atoms with Gasteiger partial charge in [0.15, 0.2) is 6.61 Å². The largest absolute Gasteiger partial charge is 0.470 e. The second-order valence-electron chi connectivity index (χ2n) is 7.10. The molecule has 4 rings (SSSR count). The predicted octanol–water partition coefficient (Wildman–Crippen LogP) is 1.73. The Morgan fingerprint density at radius 2 is 2.10 bits per heavy atom. The molecule has 0 aromatic rings. The van der Waals surface area contributed by atoms with Crippen LogP contribution >= 0.6 is 0 Å². The molecule has 5 nitrogen and oxygen atoms in total. The highest BCUT2D eigenvalue weighted by molar-refractivity contribution is 5.84. The van der Waals surface area contributed by atoms with E-state index in [0.717, 1.165) is 25.4 Å². The van der Waals surface area contributed by atoms with Crippen molar-refractivity contribution in [3.63, 3.8) is 0 Å². The number of hydrogen-bond donors (Lipinski definition) is 1. The average Bonchev–Trinajstić information content (AvgIpc) is 3.09. The number of piperidine rings is 1. The summed E-state index contributed by atoms with van der Waals surface area (Å²) in [6, 6.07) is 0.550. The molecule has 0 aromatic carbocycles. The Hall–Kier alpha value is -0.810. The van der Waals surface area contributed by atoms with Crippen molar-refractivity contribution >= 4 is 5.90 Å². The van der Waals surface area contributed by atoms with Crippen molar-refractivity contribution in [3.05, 3.63) is 0 Å². The first-order valence-electron chi connectivity index (χ1n) is 8.70. The second-order valence-corrected chi connectivity index (χ2v) is 7.10. The summed E-state index contributed by atoms with van der Waals surface area (Å²) in [7, 11) is 0. The van der Waals surface area contributed by atoms with E-state index < -0.39 is 0 Å². The van der Waals surface area contributed by atoms with Crippen molar-refractivity contribution in [2.75, 3.05) is 32.8 Å². The summed E-state index contributed by atoms with van der Waals surface area (Å²) in [6.45, 7) is 5.11. The standard InChI is InChI=1S/C16H27N3O2/c1-2-9-19(10-3-1)11-13-12-20-18-15(21-13)16-6-4-5-14(16)17-8-7-16/h13-14,17H,1-12H2/t13-,14+,16?/m0/s1. The van der Waals surface area contributed by atoms with Crippen LogP contribution in [0.4, 0.5) is 0 Å². The second kappa shape index (κ2) is 5.76. The average molecular weight is 293 g/mol. The van der Waals surface area contributed by atoms with Gasteiger partial charge >= 0.3 is 0 Å². The van der Waals surface area contributed by atoms with Crippen molar-refractivity contribution in [3.8, 4) is 0 Å². The topological polar surface area (TPSA) is 46.1 Å². The Kier molecular flexibility index (Phi) is 3.79. The van der Waals surface area contributed by atoms with Gasteiger partial charge in [-0.2, -0.15) is 0 Å². The van der Waals surface area contributed by atoms with Crippen molar-refractivity contribution in [1.82, 2.24) is 10.2 Å². The van der Waals surface area contributed by atoms with Crippen molar-refractivity contribution in [2.24, 2.45) is 10.6 Å². The highest BCUT2D eigenvalue weighted by Gasteiger charge is 2.52. The van der Waals surface area contributed by atoms with Crippen LogP contribution in [0.3, 0.4) is 0 Å². The van der Waals surface area contributed by atoms with Crippen LogP contribution < -0.4 is 5.32 Å². The molecule has 1 saturated carbocycles. The van der Waals surface area contributed by atoms with Gasteiger partial charge in [0, 0.05) is 12.6 Å². The minimum absolute atomic E-state index is 0.126. The van der Waals surface area contributed by atoms with Gasteiger partial charge in [-0.3, -0.25) is 4.90 Å². The number of ether oxygens (including phenoxy) is 1. The van der Waals surface area contributed by atoms with Crippen molar-refractivity contribution < 1.29 is 9.57 Å². The number of oxime groups is 1. The summed E-state index contributed by atoms with van der Waals surface area (Å²) in [5, 5.41) is 7.95. The Bertz CT molecular complexity index is 396. The van der Waals surface area contributed by atoms with Crippen LogP contribution in [0.25, 0.3) is 0 Å². The van der Waals surface area contributed by atoms with E-state index in [4.69, 9.17) is 9.57 Å². The third kappa shape index (κ3) is 2.55. The molecule has 5 heteroatoms. The molecule has 3 aliphatic heterocycles. The van der Waals surface area contributed by atoms with E-state index in [2.05, 4.69) is 15.4 Å². The normalized spacial score (nSPS) is 40.3. The highest BCUT2D eigenvalue weighted by Crippen LogP contribution is 2.46. The molecule has 3 fully saturated rings. The fourth-order valence-corrected chi connectivity index (χ4v) is 4.62. The SMILES string of the molecule is C1CCN(C[C@H]2CON=C(C34CCC[C@H]3NCC4)O2)CC1. The molecule has 1 unspecified atom stereocenters. The molecule has 4 aliphatic rings. The summed E-state index contributed by atoms with van der Waals surface area (Å²) >= 11 is 0. The molecule has 3 heterocycles. The van der Waals surface area contributed by atoms with Crippen molar-refractivity contribution in [1.29, 1.82) is 0 Å². The predicted molar refractivity (Wildman–Crippen MR) is 81.2 cm³/mol. The molecule has 0 amide bonds. The van der Waals surface area contributed by atoms with Gasteiger partial charge < -0.3 is 14.9 Å². The van der Waals surface area contributed by atoms with Crippen LogP contribution in [0.15, 0.2) is 5.16 Å². The van der Waals surface area contributed by atoms with Crippen LogP contribution in [-0.2, 0) is 9.57 Å². The Morgan fingerprint density at radius 3 is 3.00 bits per heavy atom. The maximum absolute atomic E-state index is 6.32. The number of fused-ring (bicyclic) bond motifs is 1. The molecule has 2 saturated heterocycles. The highest BCUT2D eigenvalue weighted by atomic mass is 16.7. The first-order chi connectivity index (χ1) is 10.4. The summed E-state index contributed by atoms with van der Waals surface area (Å²) in [4.78, 5) is 8.09. The Balaban J connectivity index is 1.41. The zero-order valence-corrected chi connectivity index (χ0v) is 12.9. The zero-order valence-electron chi connectivity index (χ0n) is 12.9. The van der Waals surface area contributed by atoms with E-state index in [1.54, 1.807) is 0 Å². The fourth-order valence-electron chi connectivity index (χ4n) is 4.62. The third-order valence-electron chi connectivity index (χ3n) is 5.77. The van der Waals surface area contributed by atoms with Gasteiger partial charge in [-0.05, 0) is 51.7 Å². The molecule has 3 atom stereocenters. The van der Waals surface area contributed by atoms with E-state index in [-0.39, 0.29) is 11.5 Å². The van der Waals surface area contributed by atoms with Gasteiger partial charge in [0.25, 0.3) is 0 Å². The molecular weight excluding hydrogens is 266 g/mol. The van der Waals surface area contributed by atoms with E-state index in [1.165, 1.54) is 51.6 Å². The molecule has 21 heavy (non-hydrogen) atoms. The number of nitrogens with one attached hydrogen (secondary N) is 1. The molecular formula is C16H27N3O2. The molecule has 1 aliphatic carbocycles. The maximum Gasteiger partial charge on any atom is 0.234 e. The smallest absolute Gasteiger partial charge is 0.234 e. The van der Waals surface area contributed by atoms with Gasteiger partial charge in [0.1, 0.15) is 6.10 Å². The number of likely N-dealkylation sites (tertiary alicyclic amines) is 1. The lowest BCUT2D eigenvalue weighted by molar-refractivity contribution is -0.0216. The molecule has 0 spiro atoms. The molecule has 1 N–H and O–H groups in total. The molecule has 0 aromatic heterocycles. The van der Waals surface area contributed by atoms with Gasteiger partial charge in [0.2, 0.25) is 5.90 Å². The lowest BCUT2D eigenvalue weighted by atomic mass is 9.82. The molecule has 0 radical (unpaired) electrons. The molecule has 118 valence electrons. The minimum atomic E-state index is 0.126. The lowest BCUT2D eigenvalue weighted by Gasteiger charge is -2.36. The first-order valence-corrected chi connectivity index (χ1v) is 8.70. The van der Waals surface area contributed by atoms with Crippen LogP contribution in [0, 0.1) is 5.41 Å². The Labute approximate surface area is 127 Å². The van der Waals surface area contributed by atoms with Crippen LogP contribution in [0.5, 0.6) is 0 Å². The third-order valence-corrected chi connectivity index (χ3v) is 5.77. The fraction of sp³-hybridized carbons (Fsp3) is 0.938. The van der Waals surface area contributed by atoms with E-state index in [0.29, 0.717) is 12.6 Å². The maximum atomic E-state index is 6.32. The number of nitrogens with zero attached hydrogens (tertiary/aromatic N) is 2. The van der Waals surface area contributed by atoms with Crippen LogP contribution in [-0.4, -0.2) is 55.7 Å². The summed E-state index contributed by atoms with van der Waals surface area (Å²) in [5.41, 5.74) is 0.126. The van der Waals surface area contributed by atoms with Crippen LogP contribution in [0.1, 0.15) is 44.9 Å². The van der Waals surface area contributed by atoms with E-state index >= 15 is 0 Å². The first kappa shape index (κ1) is 13.8. The quantitative estimate of drug-likeness (QED) is 0.861. The van der Waals surface area contributed by atoms with Gasteiger partial charge in [-0.15, -0.1) is 0 Å². The number of hydrogen-bond acceptors (Lipinski definition) is 5.